The number of benzene rings is 1. The van der Waals surface area contributed by atoms with Gasteiger partial charge in [0.15, 0.2) is 0 Å². The quantitative estimate of drug-likeness (QED) is 0.887. The van der Waals surface area contributed by atoms with Crippen molar-refractivity contribution in [1.82, 2.24) is 4.98 Å². The third kappa shape index (κ3) is 2.24. The minimum atomic E-state index is -1.40. The fraction of sp³-hybridized carbons (Fsp3) is 0.214. The van der Waals surface area contributed by atoms with Gasteiger partial charge in [-0.1, -0.05) is 6.07 Å². The molecule has 0 saturated carbocycles. The molecule has 1 atom stereocenters. The Morgan fingerprint density at radius 1 is 1.17 bits per heavy atom. The fourth-order valence-corrected chi connectivity index (χ4v) is 1.79. The topological polar surface area (TPSA) is 33.1 Å². The van der Waals surface area contributed by atoms with Gasteiger partial charge in [0.1, 0.15) is 17.7 Å². The zero-order valence-electron chi connectivity index (χ0n) is 10.1. The summed E-state index contributed by atoms with van der Waals surface area (Å²) in [7, 11) is 0. The van der Waals surface area contributed by atoms with E-state index in [-0.39, 0.29) is 16.8 Å². The van der Waals surface area contributed by atoms with E-state index in [2.05, 4.69) is 4.98 Å². The molecule has 0 spiro atoms. The Bertz CT molecular complexity index is 584. The Kier molecular flexibility index (Phi) is 3.39. The van der Waals surface area contributed by atoms with E-state index in [0.717, 1.165) is 11.6 Å². The van der Waals surface area contributed by atoms with Crippen molar-refractivity contribution in [1.29, 1.82) is 0 Å². The predicted octanol–water partition coefficient (Wildman–Crippen LogP) is 3.06. The first-order chi connectivity index (χ1) is 8.50. The Balaban J connectivity index is 2.52. The molecule has 2 aromatic rings. The average Bonchev–Trinajstić information content (AvgIpc) is 2.34. The third-order valence-corrected chi connectivity index (χ3v) is 2.81. The number of aryl methyl sites for hydroxylation is 2. The summed E-state index contributed by atoms with van der Waals surface area (Å²) in [6.45, 7) is 3.34. The molecule has 0 bridgehead atoms. The predicted molar refractivity (Wildman–Crippen MR) is 64.1 cm³/mol. The Hall–Kier alpha value is -1.81. The van der Waals surface area contributed by atoms with Gasteiger partial charge in [-0.25, -0.2) is 8.78 Å². The Morgan fingerprint density at radius 3 is 2.56 bits per heavy atom. The van der Waals surface area contributed by atoms with E-state index in [1.165, 1.54) is 19.2 Å². The lowest BCUT2D eigenvalue weighted by Gasteiger charge is -2.14. The van der Waals surface area contributed by atoms with Gasteiger partial charge in [0.2, 0.25) is 0 Å². The second-order valence-corrected chi connectivity index (χ2v) is 4.25. The van der Waals surface area contributed by atoms with E-state index < -0.39 is 17.7 Å². The van der Waals surface area contributed by atoms with Gasteiger partial charge in [-0.05, 0) is 43.2 Å². The summed E-state index contributed by atoms with van der Waals surface area (Å²) >= 11 is 0. The second kappa shape index (κ2) is 4.82. The minimum absolute atomic E-state index is 0.235. The molecule has 2 nitrogen and oxygen atoms in total. The van der Waals surface area contributed by atoms with E-state index in [4.69, 9.17) is 0 Å². The molecule has 2 rings (SSSR count). The number of hydrogen-bond acceptors (Lipinski definition) is 2. The average molecular weight is 249 g/mol. The van der Waals surface area contributed by atoms with Crippen molar-refractivity contribution in [3.8, 4) is 0 Å². The highest BCUT2D eigenvalue weighted by atomic mass is 19.1. The van der Waals surface area contributed by atoms with E-state index in [1.54, 1.807) is 12.1 Å². The molecule has 4 heteroatoms. The molecule has 1 aromatic heterocycles. The van der Waals surface area contributed by atoms with Crippen molar-refractivity contribution in [2.75, 3.05) is 0 Å². The van der Waals surface area contributed by atoms with Crippen LogP contribution in [0.15, 0.2) is 30.5 Å². The van der Waals surface area contributed by atoms with Gasteiger partial charge in [-0.2, -0.15) is 0 Å². The van der Waals surface area contributed by atoms with Crippen molar-refractivity contribution < 1.29 is 13.9 Å². The highest BCUT2D eigenvalue weighted by molar-refractivity contribution is 5.33. The van der Waals surface area contributed by atoms with Crippen LogP contribution in [0, 0.1) is 25.5 Å². The SMILES string of the molecule is Cc1ccnc(C(O)c2c(F)ccc(C)c2F)c1. The maximum Gasteiger partial charge on any atom is 0.135 e. The van der Waals surface area contributed by atoms with Crippen LogP contribution in [-0.4, -0.2) is 10.1 Å². The number of pyridine rings is 1. The molecule has 1 heterocycles. The number of rotatable bonds is 2. The van der Waals surface area contributed by atoms with Gasteiger partial charge in [0.25, 0.3) is 0 Å². The van der Waals surface area contributed by atoms with Crippen LogP contribution in [0.1, 0.15) is 28.5 Å². The largest absolute Gasteiger partial charge is 0.382 e. The molecule has 1 aromatic carbocycles. The summed E-state index contributed by atoms with van der Waals surface area (Å²) in [4.78, 5) is 3.94. The number of aromatic nitrogens is 1. The molecule has 1 N–H and O–H groups in total. The smallest absolute Gasteiger partial charge is 0.135 e. The molecule has 0 radical (unpaired) electrons. The number of nitrogens with zero attached hydrogens (tertiary/aromatic N) is 1. The van der Waals surface area contributed by atoms with Gasteiger partial charge in [0.05, 0.1) is 11.3 Å². The van der Waals surface area contributed by atoms with E-state index in [0.29, 0.717) is 0 Å². The maximum atomic E-state index is 13.9. The molecule has 0 saturated heterocycles. The first kappa shape index (κ1) is 12.6. The van der Waals surface area contributed by atoms with Gasteiger partial charge in [-0.3, -0.25) is 4.98 Å². The van der Waals surface area contributed by atoms with Gasteiger partial charge in [-0.15, -0.1) is 0 Å². The number of aliphatic hydroxyl groups is 1. The maximum absolute atomic E-state index is 13.9. The fourth-order valence-electron chi connectivity index (χ4n) is 1.79. The highest BCUT2D eigenvalue weighted by Gasteiger charge is 2.22. The lowest BCUT2D eigenvalue weighted by atomic mass is 10.0. The normalized spacial score (nSPS) is 12.5. The van der Waals surface area contributed by atoms with Crippen LogP contribution in [0.25, 0.3) is 0 Å². The van der Waals surface area contributed by atoms with Gasteiger partial charge in [0, 0.05) is 6.20 Å². The van der Waals surface area contributed by atoms with Gasteiger partial charge >= 0.3 is 0 Å². The van der Waals surface area contributed by atoms with Crippen LogP contribution in [-0.2, 0) is 0 Å². The second-order valence-electron chi connectivity index (χ2n) is 4.25. The molecule has 18 heavy (non-hydrogen) atoms. The van der Waals surface area contributed by atoms with Gasteiger partial charge < -0.3 is 5.11 Å². The monoisotopic (exact) mass is 249 g/mol. The number of aliphatic hydroxyl groups excluding tert-OH is 1. The molecular formula is C14H13F2NO. The summed E-state index contributed by atoms with van der Waals surface area (Å²) in [6.07, 6.45) is 0.101. The summed E-state index contributed by atoms with van der Waals surface area (Å²) < 4.78 is 27.5. The first-order valence-corrected chi connectivity index (χ1v) is 5.56. The Labute approximate surface area is 104 Å². The van der Waals surface area contributed by atoms with Crippen LogP contribution in [0.3, 0.4) is 0 Å². The van der Waals surface area contributed by atoms with Crippen LogP contribution < -0.4 is 0 Å². The zero-order chi connectivity index (χ0) is 13.3. The number of halogens is 2. The summed E-state index contributed by atoms with van der Waals surface area (Å²) in [5.41, 5.74) is 1.04. The summed E-state index contributed by atoms with van der Waals surface area (Å²) in [5, 5.41) is 10.1. The van der Waals surface area contributed by atoms with E-state index >= 15 is 0 Å². The molecular weight excluding hydrogens is 236 g/mol. The van der Waals surface area contributed by atoms with Crippen molar-refractivity contribution in [2.45, 2.75) is 20.0 Å². The lowest BCUT2D eigenvalue weighted by Crippen LogP contribution is -2.08. The highest BCUT2D eigenvalue weighted by Crippen LogP contribution is 2.27. The zero-order valence-corrected chi connectivity index (χ0v) is 10.1. The molecule has 0 fully saturated rings. The van der Waals surface area contributed by atoms with E-state index in [9.17, 15) is 13.9 Å². The van der Waals surface area contributed by atoms with Crippen LogP contribution in [0.5, 0.6) is 0 Å². The van der Waals surface area contributed by atoms with Crippen LogP contribution >= 0.6 is 0 Å². The van der Waals surface area contributed by atoms with E-state index in [1.807, 2.05) is 6.92 Å². The van der Waals surface area contributed by atoms with Crippen LogP contribution in [0.2, 0.25) is 0 Å². The Morgan fingerprint density at radius 2 is 1.89 bits per heavy atom. The van der Waals surface area contributed by atoms with Crippen molar-refractivity contribution in [3.63, 3.8) is 0 Å². The van der Waals surface area contributed by atoms with Crippen LogP contribution in [0.4, 0.5) is 8.78 Å². The summed E-state index contributed by atoms with van der Waals surface area (Å²) in [5.74, 6) is -1.50. The lowest BCUT2D eigenvalue weighted by molar-refractivity contribution is 0.204. The van der Waals surface area contributed by atoms with Crippen molar-refractivity contribution in [2.24, 2.45) is 0 Å². The molecule has 0 aliphatic carbocycles. The molecule has 0 aliphatic heterocycles. The third-order valence-electron chi connectivity index (χ3n) is 2.81. The first-order valence-electron chi connectivity index (χ1n) is 5.56. The molecule has 1 unspecified atom stereocenters. The standard InChI is InChI=1S/C14H13F2NO/c1-8-5-6-17-11(7-8)14(18)12-10(15)4-3-9(2)13(12)16/h3-7,14,18H,1-2H3. The molecule has 0 aliphatic rings. The molecule has 0 amide bonds. The molecule has 94 valence electrons. The van der Waals surface area contributed by atoms with Crippen molar-refractivity contribution >= 4 is 0 Å². The number of hydrogen-bond donors (Lipinski definition) is 1. The minimum Gasteiger partial charge on any atom is -0.382 e. The van der Waals surface area contributed by atoms with Crippen molar-refractivity contribution in [3.05, 3.63) is 64.5 Å². The summed E-state index contributed by atoms with van der Waals surface area (Å²) in [6, 6.07) is 5.84.